The summed E-state index contributed by atoms with van der Waals surface area (Å²) in [7, 11) is 0. The Labute approximate surface area is 137 Å². The second-order valence-corrected chi connectivity index (χ2v) is 6.56. The van der Waals surface area contributed by atoms with Crippen LogP contribution in [0.15, 0.2) is 64.2 Å². The smallest absolute Gasteiger partial charge is 0.277 e. The number of fused-ring (bicyclic) bond motifs is 1. The summed E-state index contributed by atoms with van der Waals surface area (Å²) in [5.41, 5.74) is 2.83. The minimum atomic E-state index is -0.158. The van der Waals surface area contributed by atoms with Crippen LogP contribution in [0.2, 0.25) is 0 Å². The molecule has 1 aliphatic carbocycles. The number of benzene rings is 2. The van der Waals surface area contributed by atoms with E-state index in [0.29, 0.717) is 11.1 Å². The van der Waals surface area contributed by atoms with E-state index in [1.54, 1.807) is 0 Å². The first-order valence-electron chi connectivity index (χ1n) is 7.49. The Morgan fingerprint density at radius 2 is 1.78 bits per heavy atom. The number of carbonyl (C=O) groups excluding carboxylic acids is 1. The van der Waals surface area contributed by atoms with Gasteiger partial charge in [-0.15, -0.1) is 10.2 Å². The molecule has 114 valence electrons. The summed E-state index contributed by atoms with van der Waals surface area (Å²) in [6.07, 6.45) is 1.70. The maximum Gasteiger partial charge on any atom is 0.277 e. The van der Waals surface area contributed by atoms with Gasteiger partial charge in [0.05, 0.1) is 5.25 Å². The average molecular weight is 322 g/mol. The Kier molecular flexibility index (Phi) is 3.71. The van der Waals surface area contributed by atoms with Gasteiger partial charge in [-0.1, -0.05) is 54.2 Å². The molecule has 3 aromatic rings. The largest absolute Gasteiger partial charge is 0.411 e. The molecule has 4 nitrogen and oxygen atoms in total. The van der Waals surface area contributed by atoms with E-state index in [1.807, 2.05) is 54.6 Å². The number of thioether (sulfide) groups is 1. The van der Waals surface area contributed by atoms with Gasteiger partial charge in [0, 0.05) is 11.1 Å². The van der Waals surface area contributed by atoms with E-state index in [0.717, 1.165) is 29.5 Å². The van der Waals surface area contributed by atoms with Crippen LogP contribution in [0.4, 0.5) is 0 Å². The molecular weight excluding hydrogens is 308 g/mol. The fourth-order valence-electron chi connectivity index (χ4n) is 2.76. The number of ketones is 1. The fraction of sp³-hybridized carbons (Fsp3) is 0.167. The molecule has 0 aliphatic heterocycles. The van der Waals surface area contributed by atoms with Crippen LogP contribution in [0.25, 0.3) is 11.5 Å². The molecular formula is C18H14N2O2S. The van der Waals surface area contributed by atoms with Gasteiger partial charge in [-0.25, -0.2) is 0 Å². The molecule has 1 unspecified atom stereocenters. The monoisotopic (exact) mass is 322 g/mol. The van der Waals surface area contributed by atoms with E-state index in [-0.39, 0.29) is 11.0 Å². The number of carbonyl (C=O) groups is 1. The van der Waals surface area contributed by atoms with Crippen LogP contribution in [0, 0.1) is 0 Å². The average Bonchev–Trinajstić information content (AvgIpc) is 3.07. The SMILES string of the molecule is O=C1c2ccccc2CCC1Sc1nnc(-c2ccccc2)o1. The summed E-state index contributed by atoms with van der Waals surface area (Å²) in [5.74, 6) is 0.632. The molecule has 0 spiro atoms. The van der Waals surface area contributed by atoms with Gasteiger partial charge in [0.25, 0.3) is 5.22 Å². The summed E-state index contributed by atoms with van der Waals surface area (Å²) in [5, 5.41) is 8.43. The fourth-order valence-corrected chi connectivity index (χ4v) is 3.69. The summed E-state index contributed by atoms with van der Waals surface area (Å²) in [6.45, 7) is 0. The lowest BCUT2D eigenvalue weighted by molar-refractivity contribution is 0.0979. The van der Waals surface area contributed by atoms with Crippen molar-refractivity contribution in [2.75, 3.05) is 0 Å². The van der Waals surface area contributed by atoms with Gasteiger partial charge in [0.15, 0.2) is 5.78 Å². The van der Waals surface area contributed by atoms with Crippen LogP contribution in [-0.2, 0) is 6.42 Å². The third-order valence-corrected chi connectivity index (χ3v) is 5.02. The number of aromatic nitrogens is 2. The van der Waals surface area contributed by atoms with E-state index in [9.17, 15) is 4.79 Å². The number of rotatable bonds is 3. The van der Waals surface area contributed by atoms with Crippen molar-refractivity contribution in [1.29, 1.82) is 0 Å². The van der Waals surface area contributed by atoms with Crippen LogP contribution < -0.4 is 0 Å². The maximum absolute atomic E-state index is 12.6. The minimum absolute atomic E-state index is 0.149. The molecule has 0 saturated heterocycles. The first kappa shape index (κ1) is 14.2. The Morgan fingerprint density at radius 3 is 2.65 bits per heavy atom. The second-order valence-electron chi connectivity index (χ2n) is 5.41. The number of nitrogens with zero attached hydrogens (tertiary/aromatic N) is 2. The Bertz CT molecular complexity index is 845. The normalized spacial score (nSPS) is 17.0. The molecule has 1 aliphatic rings. The first-order chi connectivity index (χ1) is 11.3. The van der Waals surface area contributed by atoms with E-state index in [4.69, 9.17) is 4.42 Å². The van der Waals surface area contributed by atoms with Gasteiger partial charge < -0.3 is 4.42 Å². The Hall–Kier alpha value is -2.40. The van der Waals surface area contributed by atoms with Gasteiger partial charge in [0.2, 0.25) is 5.89 Å². The zero-order chi connectivity index (χ0) is 15.6. The van der Waals surface area contributed by atoms with Crippen LogP contribution in [0.1, 0.15) is 22.3 Å². The molecule has 0 fully saturated rings. The highest BCUT2D eigenvalue weighted by atomic mass is 32.2. The maximum atomic E-state index is 12.6. The molecule has 2 aromatic carbocycles. The standard InChI is InChI=1S/C18H14N2O2S/c21-16-14-9-5-4-6-12(14)10-11-15(16)23-18-20-19-17(22-18)13-7-2-1-3-8-13/h1-9,15H,10-11H2. The summed E-state index contributed by atoms with van der Waals surface area (Å²) < 4.78 is 5.70. The lowest BCUT2D eigenvalue weighted by Gasteiger charge is -2.21. The van der Waals surface area contributed by atoms with Gasteiger partial charge in [-0.2, -0.15) is 0 Å². The Morgan fingerprint density at radius 1 is 1.00 bits per heavy atom. The van der Waals surface area contributed by atoms with Crippen LogP contribution >= 0.6 is 11.8 Å². The number of hydrogen-bond acceptors (Lipinski definition) is 5. The van der Waals surface area contributed by atoms with Gasteiger partial charge in [0.1, 0.15) is 0 Å². The molecule has 0 bridgehead atoms. The topological polar surface area (TPSA) is 56.0 Å². The molecule has 23 heavy (non-hydrogen) atoms. The van der Waals surface area contributed by atoms with Crippen molar-refractivity contribution in [3.05, 3.63) is 65.7 Å². The van der Waals surface area contributed by atoms with Crippen LogP contribution in [-0.4, -0.2) is 21.2 Å². The number of Topliss-reactive ketones (excluding diaryl/α,β-unsaturated/α-hetero) is 1. The van der Waals surface area contributed by atoms with Crippen molar-refractivity contribution in [3.63, 3.8) is 0 Å². The highest BCUT2D eigenvalue weighted by Gasteiger charge is 2.29. The highest BCUT2D eigenvalue weighted by Crippen LogP contribution is 2.33. The third kappa shape index (κ3) is 2.80. The molecule has 1 atom stereocenters. The third-order valence-electron chi connectivity index (χ3n) is 3.92. The molecule has 0 saturated carbocycles. The van der Waals surface area contributed by atoms with E-state index in [1.165, 1.54) is 11.8 Å². The second kappa shape index (κ2) is 6.01. The van der Waals surface area contributed by atoms with Crippen molar-refractivity contribution in [2.24, 2.45) is 0 Å². The zero-order valence-electron chi connectivity index (χ0n) is 12.3. The summed E-state index contributed by atoms with van der Waals surface area (Å²) >= 11 is 1.36. The quantitative estimate of drug-likeness (QED) is 0.729. The molecule has 1 heterocycles. The van der Waals surface area contributed by atoms with E-state index >= 15 is 0 Å². The number of hydrogen-bond donors (Lipinski definition) is 0. The van der Waals surface area contributed by atoms with Crippen molar-refractivity contribution in [3.8, 4) is 11.5 Å². The zero-order valence-corrected chi connectivity index (χ0v) is 13.1. The van der Waals surface area contributed by atoms with Gasteiger partial charge in [-0.3, -0.25) is 4.79 Å². The van der Waals surface area contributed by atoms with Crippen molar-refractivity contribution in [1.82, 2.24) is 10.2 Å². The van der Waals surface area contributed by atoms with Crippen LogP contribution in [0.3, 0.4) is 0 Å². The van der Waals surface area contributed by atoms with Gasteiger partial charge >= 0.3 is 0 Å². The minimum Gasteiger partial charge on any atom is -0.411 e. The number of aryl methyl sites for hydroxylation is 1. The van der Waals surface area contributed by atoms with Crippen molar-refractivity contribution < 1.29 is 9.21 Å². The highest BCUT2D eigenvalue weighted by molar-refractivity contribution is 8.00. The van der Waals surface area contributed by atoms with Crippen LogP contribution in [0.5, 0.6) is 0 Å². The van der Waals surface area contributed by atoms with E-state index in [2.05, 4.69) is 10.2 Å². The van der Waals surface area contributed by atoms with Crippen molar-refractivity contribution in [2.45, 2.75) is 23.3 Å². The lowest BCUT2D eigenvalue weighted by atomic mass is 9.90. The van der Waals surface area contributed by atoms with Gasteiger partial charge in [-0.05, 0) is 30.5 Å². The summed E-state index contributed by atoms with van der Waals surface area (Å²) in [6, 6.07) is 17.4. The molecule has 0 N–H and O–H groups in total. The lowest BCUT2D eigenvalue weighted by Crippen LogP contribution is -2.24. The molecule has 0 radical (unpaired) electrons. The first-order valence-corrected chi connectivity index (χ1v) is 8.37. The molecule has 1 aromatic heterocycles. The molecule has 0 amide bonds. The molecule has 4 rings (SSSR count). The Balaban J connectivity index is 1.54. The predicted molar refractivity (Wildman–Crippen MR) is 88.5 cm³/mol. The predicted octanol–water partition coefficient (Wildman–Crippen LogP) is 4.03. The summed E-state index contributed by atoms with van der Waals surface area (Å²) in [4.78, 5) is 12.6. The van der Waals surface area contributed by atoms with E-state index < -0.39 is 0 Å². The van der Waals surface area contributed by atoms with Crippen molar-refractivity contribution >= 4 is 17.5 Å². The molecule has 5 heteroatoms.